The summed E-state index contributed by atoms with van der Waals surface area (Å²) < 4.78 is 27.1. The lowest BCUT2D eigenvalue weighted by atomic mass is 10.4. The van der Waals surface area contributed by atoms with Gasteiger partial charge in [-0.25, -0.2) is 13.4 Å². The van der Waals surface area contributed by atoms with E-state index in [1.54, 1.807) is 23.6 Å². The molecular formula is C9H8BrN3O2S2. The van der Waals surface area contributed by atoms with Crippen LogP contribution in [-0.2, 0) is 10.0 Å². The van der Waals surface area contributed by atoms with E-state index in [0.717, 1.165) is 11.3 Å². The average Bonchev–Trinajstić information content (AvgIpc) is 2.68. The van der Waals surface area contributed by atoms with Gasteiger partial charge >= 0.3 is 0 Å². The molecule has 0 saturated carbocycles. The zero-order chi connectivity index (χ0) is 12.5. The van der Waals surface area contributed by atoms with Crippen LogP contribution in [0.1, 0.15) is 0 Å². The number of nitrogens with two attached hydrogens (primary N) is 1. The molecular weight excluding hydrogens is 326 g/mol. The van der Waals surface area contributed by atoms with E-state index in [2.05, 4.69) is 25.6 Å². The van der Waals surface area contributed by atoms with Crippen LogP contribution in [-0.4, -0.2) is 13.4 Å². The molecule has 0 aromatic carbocycles. The highest BCUT2D eigenvalue weighted by molar-refractivity contribution is 9.10. The van der Waals surface area contributed by atoms with Gasteiger partial charge in [0.05, 0.1) is 5.69 Å². The number of rotatable bonds is 3. The number of aromatic nitrogens is 1. The second-order valence-electron chi connectivity index (χ2n) is 3.10. The molecule has 2 heterocycles. The van der Waals surface area contributed by atoms with Gasteiger partial charge in [-0.05, 0) is 39.5 Å². The van der Waals surface area contributed by atoms with E-state index >= 15 is 0 Å². The lowest BCUT2D eigenvalue weighted by Gasteiger charge is -2.07. The normalized spacial score (nSPS) is 11.4. The lowest BCUT2D eigenvalue weighted by Crippen LogP contribution is -2.14. The number of sulfonamides is 1. The maximum absolute atomic E-state index is 12.0. The number of nitrogens with one attached hydrogen (secondary N) is 1. The van der Waals surface area contributed by atoms with Crippen molar-refractivity contribution in [2.75, 3.05) is 10.5 Å². The fourth-order valence-electron chi connectivity index (χ4n) is 1.15. The molecule has 90 valence electrons. The van der Waals surface area contributed by atoms with E-state index in [1.165, 1.54) is 6.20 Å². The highest BCUT2D eigenvalue weighted by Gasteiger charge is 2.20. The van der Waals surface area contributed by atoms with E-state index in [1.807, 2.05) is 0 Å². The molecule has 0 aliphatic carbocycles. The Hall–Kier alpha value is -1.12. The molecule has 0 aliphatic rings. The van der Waals surface area contributed by atoms with Crippen molar-refractivity contribution in [2.45, 2.75) is 4.21 Å². The summed E-state index contributed by atoms with van der Waals surface area (Å²) in [6, 6.07) is 4.88. The number of nitrogens with zero attached hydrogens (tertiary/aromatic N) is 1. The number of hydrogen-bond donors (Lipinski definition) is 2. The fraction of sp³-hybridized carbons (Fsp3) is 0. The van der Waals surface area contributed by atoms with Crippen LogP contribution in [0.5, 0.6) is 0 Å². The smallest absolute Gasteiger partial charge is 0.273 e. The number of hydrogen-bond acceptors (Lipinski definition) is 5. The van der Waals surface area contributed by atoms with Gasteiger partial charge in [0, 0.05) is 10.7 Å². The number of anilines is 2. The molecule has 17 heavy (non-hydrogen) atoms. The summed E-state index contributed by atoms with van der Waals surface area (Å²) in [4.78, 5) is 3.88. The van der Waals surface area contributed by atoms with Crippen molar-refractivity contribution < 1.29 is 8.42 Å². The third-order valence-corrected chi connectivity index (χ3v) is 5.91. The van der Waals surface area contributed by atoms with Gasteiger partial charge in [0.1, 0.15) is 0 Å². The maximum Gasteiger partial charge on any atom is 0.273 e. The topological polar surface area (TPSA) is 85.1 Å². The van der Waals surface area contributed by atoms with Gasteiger partial charge in [0.15, 0.2) is 10.0 Å². The third kappa shape index (κ3) is 2.59. The zero-order valence-corrected chi connectivity index (χ0v) is 11.6. The summed E-state index contributed by atoms with van der Waals surface area (Å²) in [6.07, 6.45) is 1.47. The quantitative estimate of drug-likeness (QED) is 0.902. The van der Waals surface area contributed by atoms with Crippen LogP contribution in [0.4, 0.5) is 11.5 Å². The summed E-state index contributed by atoms with van der Waals surface area (Å²) >= 11 is 4.29. The van der Waals surface area contributed by atoms with Crippen molar-refractivity contribution in [1.29, 1.82) is 0 Å². The van der Waals surface area contributed by atoms with Gasteiger partial charge in [-0.3, -0.25) is 4.72 Å². The van der Waals surface area contributed by atoms with E-state index < -0.39 is 10.0 Å². The highest BCUT2D eigenvalue weighted by atomic mass is 79.9. The van der Waals surface area contributed by atoms with Gasteiger partial charge in [-0.15, -0.1) is 11.3 Å². The summed E-state index contributed by atoms with van der Waals surface area (Å²) in [5, 5.41) is 1.68. The Morgan fingerprint density at radius 2 is 2.18 bits per heavy atom. The molecule has 2 aromatic heterocycles. The number of thiophene rings is 1. The molecule has 0 saturated heterocycles. The zero-order valence-electron chi connectivity index (χ0n) is 8.42. The van der Waals surface area contributed by atoms with E-state index in [4.69, 9.17) is 5.73 Å². The van der Waals surface area contributed by atoms with Crippen molar-refractivity contribution in [3.05, 3.63) is 34.2 Å². The van der Waals surface area contributed by atoms with Crippen LogP contribution >= 0.6 is 27.3 Å². The average molecular weight is 334 g/mol. The number of pyridine rings is 1. The summed E-state index contributed by atoms with van der Waals surface area (Å²) in [5.74, 6) is 0.132. The highest BCUT2D eigenvalue weighted by Crippen LogP contribution is 2.29. The molecule has 3 N–H and O–H groups in total. The monoisotopic (exact) mass is 333 g/mol. The second-order valence-corrected chi connectivity index (χ2v) is 6.75. The van der Waals surface area contributed by atoms with Crippen LogP contribution in [0.2, 0.25) is 0 Å². The van der Waals surface area contributed by atoms with Crippen molar-refractivity contribution in [1.82, 2.24) is 4.98 Å². The molecule has 0 fully saturated rings. The summed E-state index contributed by atoms with van der Waals surface area (Å²) in [7, 11) is -3.64. The molecule has 2 aromatic rings. The van der Waals surface area contributed by atoms with Gasteiger partial charge in [0.25, 0.3) is 10.0 Å². The van der Waals surface area contributed by atoms with E-state index in [-0.39, 0.29) is 15.7 Å². The molecule has 0 radical (unpaired) electrons. The Balaban J connectivity index is 2.37. The standard InChI is InChI=1S/C9H8BrN3O2S2/c10-6-3-5-16-9(6)17(14,15)13-8-7(11)2-1-4-12-8/h1-5H,11H2,(H,12,13). The Bertz CT molecular complexity index is 639. The van der Waals surface area contributed by atoms with Gasteiger partial charge in [0.2, 0.25) is 0 Å². The van der Waals surface area contributed by atoms with Gasteiger partial charge < -0.3 is 5.73 Å². The molecule has 0 unspecified atom stereocenters. The predicted octanol–water partition coefficient (Wildman–Crippen LogP) is 2.29. The molecule has 0 atom stereocenters. The summed E-state index contributed by atoms with van der Waals surface area (Å²) in [6.45, 7) is 0. The Morgan fingerprint density at radius 3 is 2.76 bits per heavy atom. The number of halogens is 1. The summed E-state index contributed by atoms with van der Waals surface area (Å²) in [5.41, 5.74) is 5.90. The minimum atomic E-state index is -3.64. The first-order valence-electron chi connectivity index (χ1n) is 4.47. The largest absolute Gasteiger partial charge is 0.396 e. The van der Waals surface area contributed by atoms with Gasteiger partial charge in [-0.2, -0.15) is 0 Å². The molecule has 2 rings (SSSR count). The lowest BCUT2D eigenvalue weighted by molar-refractivity contribution is 0.602. The van der Waals surface area contributed by atoms with Crippen molar-refractivity contribution >= 4 is 48.8 Å². The van der Waals surface area contributed by atoms with Gasteiger partial charge in [-0.1, -0.05) is 0 Å². The second kappa shape index (κ2) is 4.63. The van der Waals surface area contributed by atoms with Crippen molar-refractivity contribution in [3.8, 4) is 0 Å². The van der Waals surface area contributed by atoms with Crippen LogP contribution in [0.25, 0.3) is 0 Å². The predicted molar refractivity (Wildman–Crippen MR) is 71.5 cm³/mol. The Kier molecular flexibility index (Phi) is 3.36. The van der Waals surface area contributed by atoms with E-state index in [9.17, 15) is 8.42 Å². The van der Waals surface area contributed by atoms with Crippen LogP contribution in [0, 0.1) is 0 Å². The van der Waals surface area contributed by atoms with Crippen LogP contribution < -0.4 is 10.5 Å². The molecule has 0 spiro atoms. The van der Waals surface area contributed by atoms with Crippen LogP contribution in [0.15, 0.2) is 38.5 Å². The van der Waals surface area contributed by atoms with Crippen LogP contribution in [0.3, 0.4) is 0 Å². The minimum Gasteiger partial charge on any atom is -0.396 e. The molecule has 0 bridgehead atoms. The molecule has 0 aliphatic heterocycles. The SMILES string of the molecule is Nc1cccnc1NS(=O)(=O)c1sccc1Br. The first kappa shape index (κ1) is 12.3. The van der Waals surface area contributed by atoms with E-state index in [0.29, 0.717) is 4.47 Å². The molecule has 0 amide bonds. The van der Waals surface area contributed by atoms with Crippen molar-refractivity contribution in [3.63, 3.8) is 0 Å². The number of nitrogen functional groups attached to an aromatic ring is 1. The Morgan fingerprint density at radius 1 is 1.41 bits per heavy atom. The Labute approximate surface area is 111 Å². The first-order valence-corrected chi connectivity index (χ1v) is 7.62. The molecule has 8 heteroatoms. The minimum absolute atomic E-state index is 0.132. The third-order valence-electron chi connectivity index (χ3n) is 1.90. The maximum atomic E-state index is 12.0. The fourth-order valence-corrected chi connectivity index (χ4v) is 4.52. The first-order chi connectivity index (χ1) is 8.00. The molecule has 5 nitrogen and oxygen atoms in total. The van der Waals surface area contributed by atoms with Crippen molar-refractivity contribution in [2.24, 2.45) is 0 Å².